The molecule has 7 heteroatoms. The van der Waals surface area contributed by atoms with Crippen molar-refractivity contribution < 1.29 is 14.0 Å². The molecule has 1 aliphatic heterocycles. The minimum atomic E-state index is 0.814. The zero-order valence-corrected chi connectivity index (χ0v) is 22.1. The van der Waals surface area contributed by atoms with Crippen molar-refractivity contribution in [1.29, 1.82) is 0 Å². The third kappa shape index (κ3) is 4.77. The van der Waals surface area contributed by atoms with E-state index in [0.29, 0.717) is 0 Å². The topological polar surface area (TPSA) is 65.6 Å². The van der Waals surface area contributed by atoms with Crippen LogP contribution in [-0.2, 0) is 24.1 Å². The molecule has 0 atom stereocenters. The van der Waals surface area contributed by atoms with Gasteiger partial charge in [0.1, 0.15) is 17.3 Å². The van der Waals surface area contributed by atoms with Crippen molar-refractivity contribution in [2.75, 3.05) is 40.0 Å². The Kier molecular flexibility index (Phi) is 7.12. The number of benzene rings is 2. The van der Waals surface area contributed by atoms with Crippen molar-refractivity contribution in [3.8, 4) is 16.9 Å². The van der Waals surface area contributed by atoms with Crippen molar-refractivity contribution in [3.63, 3.8) is 0 Å². The molecule has 190 valence electrons. The molecule has 1 fully saturated rings. The minimum absolute atomic E-state index is 0.814. The lowest BCUT2D eigenvalue weighted by molar-refractivity contribution is 0.0364. The fourth-order valence-corrected chi connectivity index (χ4v) is 5.41. The zero-order valence-electron chi connectivity index (χ0n) is 22.1. The highest BCUT2D eigenvalue weighted by atomic mass is 16.5. The number of hydrogen-bond acceptors (Lipinski definition) is 6. The zero-order chi connectivity index (χ0) is 25.2. The molecule has 3 heterocycles. The second-order valence-electron chi connectivity index (χ2n) is 9.74. The number of fused-ring (bicyclic) bond motifs is 1. The highest BCUT2D eigenvalue weighted by Crippen LogP contribution is 2.37. The van der Waals surface area contributed by atoms with E-state index >= 15 is 0 Å². The number of rotatable bonds is 8. The monoisotopic (exact) mass is 488 g/mol. The Morgan fingerprint density at radius 3 is 2.36 bits per heavy atom. The van der Waals surface area contributed by atoms with E-state index in [-0.39, 0.29) is 0 Å². The van der Waals surface area contributed by atoms with Crippen molar-refractivity contribution >= 4 is 11.0 Å². The van der Waals surface area contributed by atoms with Crippen LogP contribution in [0.4, 0.5) is 0 Å². The van der Waals surface area contributed by atoms with Crippen LogP contribution in [0.1, 0.15) is 34.0 Å². The predicted octanol–water partition coefficient (Wildman–Crippen LogP) is 5.05. The Hall–Kier alpha value is -3.16. The molecule has 0 bridgehead atoms. The lowest BCUT2D eigenvalue weighted by atomic mass is 9.93. The van der Waals surface area contributed by atoms with Gasteiger partial charge in [-0.2, -0.15) is 0 Å². The molecule has 0 N–H and O–H groups in total. The van der Waals surface area contributed by atoms with E-state index in [2.05, 4.69) is 46.7 Å². The number of methoxy groups -OCH3 is 1. The van der Waals surface area contributed by atoms with Crippen LogP contribution in [0.15, 0.2) is 34.9 Å². The number of ether oxygens (including phenoxy) is 2. The smallest absolute Gasteiger partial charge is 0.141 e. The summed E-state index contributed by atoms with van der Waals surface area (Å²) in [5.41, 5.74) is 9.18. The summed E-state index contributed by atoms with van der Waals surface area (Å²) in [5.74, 6) is 2.87. The fourth-order valence-electron chi connectivity index (χ4n) is 5.41. The van der Waals surface area contributed by atoms with Gasteiger partial charge in [0.25, 0.3) is 0 Å². The van der Waals surface area contributed by atoms with E-state index in [1.54, 1.807) is 7.11 Å². The molecule has 7 nitrogen and oxygen atoms in total. The second-order valence-corrected chi connectivity index (χ2v) is 9.74. The Morgan fingerprint density at radius 2 is 1.69 bits per heavy atom. The normalized spacial score (nSPS) is 14.6. The van der Waals surface area contributed by atoms with Gasteiger partial charge in [-0.25, -0.2) is 4.98 Å². The molecule has 0 radical (unpaired) electrons. The van der Waals surface area contributed by atoms with Crippen LogP contribution in [0.3, 0.4) is 0 Å². The number of nitrogens with zero attached hydrogens (tertiary/aromatic N) is 4. The summed E-state index contributed by atoms with van der Waals surface area (Å²) >= 11 is 0. The van der Waals surface area contributed by atoms with E-state index in [0.717, 1.165) is 86.3 Å². The Bertz CT molecular complexity index is 1330. The summed E-state index contributed by atoms with van der Waals surface area (Å²) in [4.78, 5) is 7.73. The Balaban J connectivity index is 1.52. The van der Waals surface area contributed by atoms with Gasteiger partial charge in [0.15, 0.2) is 0 Å². The first-order chi connectivity index (χ1) is 17.5. The van der Waals surface area contributed by atoms with Gasteiger partial charge >= 0.3 is 0 Å². The van der Waals surface area contributed by atoms with Crippen LogP contribution in [0, 0.1) is 27.7 Å². The van der Waals surface area contributed by atoms with Gasteiger partial charge in [0, 0.05) is 38.2 Å². The van der Waals surface area contributed by atoms with Crippen molar-refractivity contribution in [2.24, 2.45) is 0 Å². The third-order valence-electron chi connectivity index (χ3n) is 7.39. The van der Waals surface area contributed by atoms with Gasteiger partial charge in [-0.15, -0.1) is 0 Å². The SMILES string of the molecule is COc1ccc(CCc2nc3c(C)c(-c4c(C)noc4C)c(C)cc3n2CCN2CCOCC2)cc1. The van der Waals surface area contributed by atoms with Crippen LogP contribution in [0.2, 0.25) is 0 Å². The van der Waals surface area contributed by atoms with E-state index in [1.807, 2.05) is 26.0 Å². The van der Waals surface area contributed by atoms with Crippen molar-refractivity contribution in [2.45, 2.75) is 47.1 Å². The van der Waals surface area contributed by atoms with E-state index < -0.39 is 0 Å². The molecule has 0 aliphatic carbocycles. The molecule has 0 saturated carbocycles. The highest BCUT2D eigenvalue weighted by molar-refractivity contribution is 5.90. The maximum atomic E-state index is 5.55. The van der Waals surface area contributed by atoms with Crippen LogP contribution >= 0.6 is 0 Å². The molecule has 36 heavy (non-hydrogen) atoms. The summed E-state index contributed by atoms with van der Waals surface area (Å²) in [6.07, 6.45) is 1.81. The molecule has 2 aromatic carbocycles. The van der Waals surface area contributed by atoms with Crippen LogP contribution < -0.4 is 4.74 Å². The maximum Gasteiger partial charge on any atom is 0.141 e. The molecule has 0 amide bonds. The Morgan fingerprint density at radius 1 is 0.944 bits per heavy atom. The summed E-state index contributed by atoms with van der Waals surface area (Å²) in [6, 6.07) is 10.6. The summed E-state index contributed by atoms with van der Waals surface area (Å²) < 4.78 is 18.8. The van der Waals surface area contributed by atoms with Crippen molar-refractivity contribution in [3.05, 3.63) is 64.3 Å². The van der Waals surface area contributed by atoms with Crippen LogP contribution in [0.25, 0.3) is 22.2 Å². The number of imidazole rings is 1. The number of morpholine rings is 1. The molecule has 0 spiro atoms. The molecule has 1 aliphatic rings. The lowest BCUT2D eigenvalue weighted by Gasteiger charge is -2.27. The average Bonchev–Trinajstić information content (AvgIpc) is 3.41. The van der Waals surface area contributed by atoms with Crippen molar-refractivity contribution in [1.82, 2.24) is 19.6 Å². The maximum absolute atomic E-state index is 5.55. The van der Waals surface area contributed by atoms with Crippen LogP contribution in [0.5, 0.6) is 5.75 Å². The van der Waals surface area contributed by atoms with E-state index in [9.17, 15) is 0 Å². The highest BCUT2D eigenvalue weighted by Gasteiger charge is 2.22. The minimum Gasteiger partial charge on any atom is -0.497 e. The second kappa shape index (κ2) is 10.4. The van der Waals surface area contributed by atoms with Gasteiger partial charge < -0.3 is 18.6 Å². The van der Waals surface area contributed by atoms with Gasteiger partial charge in [-0.1, -0.05) is 17.3 Å². The molecule has 4 aromatic rings. The molecular formula is C29H36N4O3. The van der Waals surface area contributed by atoms with Gasteiger partial charge in [-0.05, 0) is 74.6 Å². The largest absolute Gasteiger partial charge is 0.497 e. The molecule has 0 unspecified atom stereocenters. The first-order valence-corrected chi connectivity index (χ1v) is 12.8. The average molecular weight is 489 g/mol. The van der Waals surface area contributed by atoms with Gasteiger partial charge in [0.05, 0.1) is 37.1 Å². The van der Waals surface area contributed by atoms with E-state index in [1.165, 1.54) is 27.8 Å². The number of aromatic nitrogens is 3. The molecule has 1 saturated heterocycles. The summed E-state index contributed by atoms with van der Waals surface area (Å²) in [6.45, 7) is 13.9. The first-order valence-electron chi connectivity index (χ1n) is 12.8. The standard InChI is InChI=1S/C29H36N4O3/c1-19-18-25-29(20(2)27(19)28-21(3)31-36-22(28)4)30-26(11-8-23-6-9-24(34-5)10-7-23)33(25)13-12-32-14-16-35-17-15-32/h6-7,9-10,18H,8,11-17H2,1-5H3. The summed E-state index contributed by atoms with van der Waals surface area (Å²) in [7, 11) is 1.70. The molecule has 5 rings (SSSR count). The first kappa shape index (κ1) is 24.5. The molecule has 2 aromatic heterocycles. The quantitative estimate of drug-likeness (QED) is 0.346. The van der Waals surface area contributed by atoms with Gasteiger partial charge in [0.2, 0.25) is 0 Å². The van der Waals surface area contributed by atoms with Crippen LogP contribution in [-0.4, -0.2) is 59.6 Å². The van der Waals surface area contributed by atoms with E-state index in [4.69, 9.17) is 19.0 Å². The fraction of sp³-hybridized carbons (Fsp3) is 0.448. The third-order valence-corrected chi connectivity index (χ3v) is 7.39. The predicted molar refractivity (Wildman–Crippen MR) is 142 cm³/mol. The summed E-state index contributed by atoms with van der Waals surface area (Å²) in [5, 5.41) is 4.21. The number of aryl methyl sites for hydroxylation is 6. The molecular weight excluding hydrogens is 452 g/mol. The number of hydrogen-bond donors (Lipinski definition) is 0. The van der Waals surface area contributed by atoms with Gasteiger partial charge in [-0.3, -0.25) is 4.90 Å². The lowest BCUT2D eigenvalue weighted by Crippen LogP contribution is -2.38. The Labute approximate surface area is 213 Å².